The largest absolute Gasteiger partial charge is 0.490 e. The van der Waals surface area contributed by atoms with Crippen molar-refractivity contribution in [1.29, 1.82) is 0 Å². The molecule has 29 heavy (non-hydrogen) atoms. The quantitative estimate of drug-likeness (QED) is 0.723. The molecule has 9 nitrogen and oxygen atoms in total. The van der Waals surface area contributed by atoms with Gasteiger partial charge in [-0.3, -0.25) is 9.13 Å². The molecule has 0 saturated carbocycles. The normalized spacial score (nSPS) is 14.3. The molecule has 1 saturated heterocycles. The van der Waals surface area contributed by atoms with Crippen LogP contribution in [0.2, 0.25) is 0 Å². The number of piperazine rings is 1. The molecule has 1 aliphatic heterocycles. The van der Waals surface area contributed by atoms with Crippen molar-refractivity contribution in [3.05, 3.63) is 28.5 Å². The third kappa shape index (κ3) is 5.34. The number of allylic oxidation sites excluding steroid dienone is 2. The smallest absolute Gasteiger partial charge is 0.475 e. The molecular formula is C17H23F3N6O3. The van der Waals surface area contributed by atoms with Crippen LogP contribution in [0.25, 0.3) is 11.2 Å². The highest BCUT2D eigenvalue weighted by atomic mass is 19.4. The lowest BCUT2D eigenvalue weighted by atomic mass is 10.3. The molecule has 0 bridgehead atoms. The summed E-state index contributed by atoms with van der Waals surface area (Å²) in [6, 6.07) is 0. The van der Waals surface area contributed by atoms with Gasteiger partial charge in [-0.2, -0.15) is 13.2 Å². The molecule has 3 rings (SSSR count). The fourth-order valence-electron chi connectivity index (χ4n) is 2.77. The van der Waals surface area contributed by atoms with Crippen molar-refractivity contribution in [1.82, 2.24) is 24.4 Å². The third-order valence-electron chi connectivity index (χ3n) is 4.23. The van der Waals surface area contributed by atoms with E-state index in [1.54, 1.807) is 22.5 Å². The number of nitrogens with zero attached hydrogens (tertiary/aromatic N) is 5. The van der Waals surface area contributed by atoms with E-state index < -0.39 is 12.1 Å². The Morgan fingerprint density at radius 1 is 1.28 bits per heavy atom. The lowest BCUT2D eigenvalue weighted by molar-refractivity contribution is -0.192. The summed E-state index contributed by atoms with van der Waals surface area (Å²) < 4.78 is 35.1. The van der Waals surface area contributed by atoms with Gasteiger partial charge < -0.3 is 15.3 Å². The molecule has 160 valence electrons. The summed E-state index contributed by atoms with van der Waals surface area (Å²) in [4.78, 5) is 32.4. The summed E-state index contributed by atoms with van der Waals surface area (Å²) in [5.41, 5.74) is 2.65. The highest BCUT2D eigenvalue weighted by molar-refractivity contribution is 5.84. The maximum Gasteiger partial charge on any atom is 0.490 e. The Labute approximate surface area is 164 Å². The molecule has 0 radical (unpaired) electrons. The second-order valence-electron chi connectivity index (χ2n) is 6.64. The Kier molecular flexibility index (Phi) is 7.01. The minimum atomic E-state index is -5.08. The molecule has 1 aliphatic rings. The van der Waals surface area contributed by atoms with E-state index in [1.165, 1.54) is 5.57 Å². The minimum Gasteiger partial charge on any atom is -0.475 e. The van der Waals surface area contributed by atoms with Gasteiger partial charge in [0.15, 0.2) is 11.5 Å². The number of carbonyl (C=O) groups is 1. The van der Waals surface area contributed by atoms with Crippen LogP contribution >= 0.6 is 0 Å². The summed E-state index contributed by atoms with van der Waals surface area (Å²) in [6.45, 7) is 8.24. The van der Waals surface area contributed by atoms with Gasteiger partial charge >= 0.3 is 17.8 Å². The summed E-state index contributed by atoms with van der Waals surface area (Å²) in [6.07, 6.45) is -1.49. The Morgan fingerprint density at radius 3 is 2.38 bits per heavy atom. The Morgan fingerprint density at radius 2 is 1.86 bits per heavy atom. The van der Waals surface area contributed by atoms with Crippen molar-refractivity contribution >= 4 is 23.0 Å². The Bertz CT molecular complexity index is 954. The van der Waals surface area contributed by atoms with Crippen LogP contribution in [0.4, 0.5) is 19.0 Å². The zero-order chi connectivity index (χ0) is 21.8. The van der Waals surface area contributed by atoms with E-state index in [9.17, 15) is 18.0 Å². The molecule has 0 aliphatic carbocycles. The molecule has 2 aromatic rings. The van der Waals surface area contributed by atoms with Crippen LogP contribution in [0.3, 0.4) is 0 Å². The van der Waals surface area contributed by atoms with Gasteiger partial charge in [0, 0.05) is 39.8 Å². The summed E-state index contributed by atoms with van der Waals surface area (Å²) >= 11 is 0. The van der Waals surface area contributed by atoms with Crippen LogP contribution in [-0.4, -0.2) is 62.5 Å². The second kappa shape index (κ2) is 9.07. The predicted octanol–water partition coefficient (Wildman–Crippen LogP) is 1.14. The highest BCUT2D eigenvalue weighted by Crippen LogP contribution is 2.22. The van der Waals surface area contributed by atoms with Gasteiger partial charge in [-0.15, -0.1) is 0 Å². The van der Waals surface area contributed by atoms with Crippen molar-refractivity contribution in [2.45, 2.75) is 26.6 Å². The van der Waals surface area contributed by atoms with Crippen molar-refractivity contribution in [3.63, 3.8) is 0 Å². The number of alkyl halides is 3. The fraction of sp³-hybridized carbons (Fsp3) is 0.529. The maximum atomic E-state index is 12.5. The number of carboxylic acid groups (broad SMARTS) is 1. The molecule has 0 spiro atoms. The Hall–Kier alpha value is -2.89. The third-order valence-corrected chi connectivity index (χ3v) is 4.23. The number of hydrogen-bond donors (Lipinski definition) is 2. The first kappa shape index (κ1) is 22.4. The number of aromatic nitrogens is 4. The SMILES string of the molecule is CC(C)=CCn1c(=O)n(C)c2ncnc(N3CCNCC3)c21.O=C(O)C(F)(F)F. The van der Waals surface area contributed by atoms with Gasteiger partial charge in [0.25, 0.3) is 0 Å². The van der Waals surface area contributed by atoms with Crippen LogP contribution in [0, 0.1) is 0 Å². The average Bonchev–Trinajstić information content (AvgIpc) is 2.91. The number of rotatable bonds is 3. The van der Waals surface area contributed by atoms with E-state index in [4.69, 9.17) is 9.90 Å². The summed E-state index contributed by atoms with van der Waals surface area (Å²) in [7, 11) is 1.76. The van der Waals surface area contributed by atoms with Crippen LogP contribution in [-0.2, 0) is 18.4 Å². The molecule has 2 aromatic heterocycles. The number of nitrogens with one attached hydrogen (secondary N) is 1. The lowest BCUT2D eigenvalue weighted by Gasteiger charge is -2.28. The Balaban J connectivity index is 0.000000370. The highest BCUT2D eigenvalue weighted by Gasteiger charge is 2.38. The molecule has 0 aromatic carbocycles. The second-order valence-corrected chi connectivity index (χ2v) is 6.64. The molecule has 0 unspecified atom stereocenters. The number of hydrogen-bond acceptors (Lipinski definition) is 6. The lowest BCUT2D eigenvalue weighted by Crippen LogP contribution is -2.44. The van der Waals surface area contributed by atoms with Crippen molar-refractivity contribution in [2.75, 3.05) is 31.1 Å². The number of aryl methyl sites for hydroxylation is 1. The number of imidazole rings is 1. The number of carboxylic acids is 1. The summed E-state index contributed by atoms with van der Waals surface area (Å²) in [5.74, 6) is -1.90. The van der Waals surface area contributed by atoms with Gasteiger partial charge in [0.2, 0.25) is 0 Å². The predicted molar refractivity (Wildman–Crippen MR) is 101 cm³/mol. The molecule has 0 amide bonds. The zero-order valence-electron chi connectivity index (χ0n) is 16.3. The van der Waals surface area contributed by atoms with E-state index >= 15 is 0 Å². The molecule has 12 heteroatoms. The first-order valence-electron chi connectivity index (χ1n) is 8.83. The van der Waals surface area contributed by atoms with Crippen molar-refractivity contribution in [2.24, 2.45) is 7.05 Å². The van der Waals surface area contributed by atoms with Crippen LogP contribution in [0.15, 0.2) is 22.8 Å². The number of halogens is 3. The molecule has 1 fully saturated rings. The monoisotopic (exact) mass is 416 g/mol. The fourth-order valence-corrected chi connectivity index (χ4v) is 2.77. The van der Waals surface area contributed by atoms with E-state index in [0.717, 1.165) is 37.5 Å². The van der Waals surface area contributed by atoms with Crippen LogP contribution in [0.5, 0.6) is 0 Å². The van der Waals surface area contributed by atoms with E-state index in [-0.39, 0.29) is 5.69 Å². The maximum absolute atomic E-state index is 12.5. The minimum absolute atomic E-state index is 0.0515. The van der Waals surface area contributed by atoms with Gasteiger partial charge in [0.05, 0.1) is 0 Å². The number of aliphatic carboxylic acids is 1. The van der Waals surface area contributed by atoms with E-state index in [1.807, 2.05) is 13.8 Å². The topological polar surface area (TPSA) is 105 Å². The van der Waals surface area contributed by atoms with Crippen LogP contribution in [0.1, 0.15) is 13.8 Å². The van der Waals surface area contributed by atoms with Crippen LogP contribution < -0.4 is 15.9 Å². The molecular weight excluding hydrogens is 393 g/mol. The van der Waals surface area contributed by atoms with Crippen molar-refractivity contribution < 1.29 is 23.1 Å². The molecule has 0 atom stereocenters. The van der Waals surface area contributed by atoms with Crippen molar-refractivity contribution in [3.8, 4) is 0 Å². The standard InChI is InChI=1S/C15H22N6O.C2HF3O2/c1-11(2)4-7-21-12-13(19(3)15(21)22)17-10-18-14(12)20-8-5-16-6-9-20;3-2(4,5)1(6)7/h4,10,16H,5-9H2,1-3H3;(H,6,7). The first-order valence-corrected chi connectivity index (χ1v) is 8.83. The average molecular weight is 416 g/mol. The molecule has 2 N–H and O–H groups in total. The van der Waals surface area contributed by atoms with E-state index in [0.29, 0.717) is 12.2 Å². The number of anilines is 1. The number of fused-ring (bicyclic) bond motifs is 1. The first-order chi connectivity index (χ1) is 13.5. The van der Waals surface area contributed by atoms with Gasteiger partial charge in [-0.25, -0.2) is 19.6 Å². The van der Waals surface area contributed by atoms with Gasteiger partial charge in [0.1, 0.15) is 11.8 Å². The van der Waals surface area contributed by atoms with Gasteiger partial charge in [-0.05, 0) is 13.8 Å². The zero-order valence-corrected chi connectivity index (χ0v) is 16.3. The van der Waals surface area contributed by atoms with E-state index in [2.05, 4.69) is 26.3 Å². The molecule has 3 heterocycles. The summed E-state index contributed by atoms with van der Waals surface area (Å²) in [5, 5.41) is 10.5. The van der Waals surface area contributed by atoms with Gasteiger partial charge in [-0.1, -0.05) is 11.6 Å².